The van der Waals surface area contributed by atoms with Crippen molar-refractivity contribution in [1.29, 1.82) is 0 Å². The number of aromatic carboxylic acids is 1. The van der Waals surface area contributed by atoms with Crippen LogP contribution in [-0.4, -0.2) is 22.2 Å². The van der Waals surface area contributed by atoms with Gasteiger partial charge in [0.15, 0.2) is 0 Å². The van der Waals surface area contributed by atoms with Crippen molar-refractivity contribution in [3.05, 3.63) is 85.8 Å². The minimum absolute atomic E-state index is 0.0271. The number of non-ortho nitro benzene ring substituents is 1. The molecule has 3 aromatic rings. The predicted octanol–water partition coefficient (Wildman–Crippen LogP) is 4.64. The first-order chi connectivity index (χ1) is 13.8. The molecular weight excluding hydrogens is 392 g/mol. The third-order valence-corrected chi connectivity index (χ3v) is 5.98. The highest BCUT2D eigenvalue weighted by molar-refractivity contribution is 7.16. The minimum atomic E-state index is -1.11. The van der Waals surface area contributed by atoms with E-state index in [9.17, 15) is 25.1 Å². The van der Waals surface area contributed by atoms with E-state index < -0.39 is 16.6 Å². The van der Waals surface area contributed by atoms with Crippen molar-refractivity contribution < 1.29 is 19.9 Å². The topological polar surface area (TPSA) is 116 Å². The molecular formula is C21H17N2O5S-. The van der Waals surface area contributed by atoms with Crippen LogP contribution < -0.4 is 5.11 Å². The molecule has 1 unspecified atom stereocenters. The fourth-order valence-electron chi connectivity index (χ4n) is 3.04. The van der Waals surface area contributed by atoms with E-state index in [1.807, 2.05) is 37.3 Å². The predicted molar refractivity (Wildman–Crippen MR) is 110 cm³/mol. The molecule has 2 aromatic carbocycles. The van der Waals surface area contributed by atoms with Crippen LogP contribution in [0.15, 0.2) is 53.5 Å². The zero-order valence-electron chi connectivity index (χ0n) is 15.7. The Kier molecular flexibility index (Phi) is 5.74. The van der Waals surface area contributed by atoms with Gasteiger partial charge in [0.25, 0.3) is 5.69 Å². The Morgan fingerprint density at radius 3 is 2.55 bits per heavy atom. The second-order valence-corrected chi connectivity index (χ2v) is 7.48. The summed E-state index contributed by atoms with van der Waals surface area (Å²) < 4.78 is 0. The average molecular weight is 409 g/mol. The number of carbonyl (C=O) groups is 1. The van der Waals surface area contributed by atoms with Crippen LogP contribution in [0.2, 0.25) is 0 Å². The van der Waals surface area contributed by atoms with Gasteiger partial charge in [0.1, 0.15) is 5.00 Å². The lowest BCUT2D eigenvalue weighted by Crippen LogP contribution is -2.00. The van der Waals surface area contributed by atoms with E-state index in [-0.39, 0.29) is 27.7 Å². The highest BCUT2D eigenvalue weighted by atomic mass is 32.1. The molecule has 0 saturated heterocycles. The van der Waals surface area contributed by atoms with Gasteiger partial charge in [-0.15, -0.1) is 11.3 Å². The Labute approximate surface area is 170 Å². The van der Waals surface area contributed by atoms with Crippen molar-refractivity contribution in [2.75, 3.05) is 0 Å². The molecule has 0 fully saturated rings. The maximum Gasteiger partial charge on any atom is 0.339 e. The van der Waals surface area contributed by atoms with E-state index in [0.29, 0.717) is 5.56 Å². The van der Waals surface area contributed by atoms with Gasteiger partial charge in [-0.25, -0.2) is 9.79 Å². The summed E-state index contributed by atoms with van der Waals surface area (Å²) in [6, 6.07) is 13.0. The number of nitrogens with zero attached hydrogens (tertiary/aromatic N) is 2. The molecule has 0 aliphatic carbocycles. The Balaban J connectivity index is 2.04. The molecule has 148 valence electrons. The standard InChI is InChI=1S/C21H18N2O5S/c1-12(14-6-4-3-5-7-14)19-13(2)18(21(25)26)20(29-19)22-11-15-10-16(23(27)28)8-9-17(15)24/h3-12,24H,1-2H3,(H,25,26)/p-1. The van der Waals surface area contributed by atoms with Gasteiger partial charge in [-0.1, -0.05) is 49.1 Å². The number of carboxylic acids is 1. The zero-order chi connectivity index (χ0) is 21.1. The summed E-state index contributed by atoms with van der Waals surface area (Å²) in [6.45, 7) is 3.73. The summed E-state index contributed by atoms with van der Waals surface area (Å²) in [5.41, 5.74) is 1.53. The molecule has 0 spiro atoms. The largest absolute Gasteiger partial charge is 0.872 e. The van der Waals surface area contributed by atoms with Crippen molar-refractivity contribution in [3.63, 3.8) is 0 Å². The molecule has 0 bridgehead atoms. The van der Waals surface area contributed by atoms with Crippen LogP contribution in [0.4, 0.5) is 10.7 Å². The molecule has 0 aliphatic rings. The third-order valence-electron chi connectivity index (χ3n) is 4.60. The third kappa shape index (κ3) is 4.17. The Hall–Kier alpha value is -3.52. The molecule has 29 heavy (non-hydrogen) atoms. The highest BCUT2D eigenvalue weighted by Gasteiger charge is 2.24. The number of aliphatic imine (C=N–C) groups is 1. The van der Waals surface area contributed by atoms with E-state index in [0.717, 1.165) is 28.6 Å². The minimum Gasteiger partial charge on any atom is -0.872 e. The number of hydrogen-bond acceptors (Lipinski definition) is 6. The lowest BCUT2D eigenvalue weighted by molar-refractivity contribution is -0.385. The quantitative estimate of drug-likeness (QED) is 0.362. The van der Waals surface area contributed by atoms with E-state index in [1.54, 1.807) is 6.92 Å². The summed E-state index contributed by atoms with van der Waals surface area (Å²) in [6.07, 6.45) is 1.18. The Morgan fingerprint density at radius 1 is 1.24 bits per heavy atom. The SMILES string of the molecule is Cc1c(C(C)c2ccccc2)sc(N=Cc2cc([N+](=O)[O-])ccc2[O-])c1C(=O)O. The molecule has 0 amide bonds. The number of nitro groups is 1. The number of hydrogen-bond donors (Lipinski definition) is 1. The molecule has 3 rings (SSSR count). The lowest BCUT2D eigenvalue weighted by Gasteiger charge is -2.11. The van der Waals surface area contributed by atoms with E-state index in [2.05, 4.69) is 4.99 Å². The van der Waals surface area contributed by atoms with Crippen LogP contribution in [-0.2, 0) is 0 Å². The van der Waals surface area contributed by atoms with Gasteiger partial charge in [0.2, 0.25) is 0 Å². The normalized spacial score (nSPS) is 12.2. The summed E-state index contributed by atoms with van der Waals surface area (Å²) >= 11 is 1.24. The van der Waals surface area contributed by atoms with Crippen LogP contribution in [0, 0.1) is 17.0 Å². The van der Waals surface area contributed by atoms with Crippen molar-refractivity contribution >= 4 is 34.2 Å². The van der Waals surface area contributed by atoms with Crippen LogP contribution in [0.1, 0.15) is 44.8 Å². The first-order valence-corrected chi connectivity index (χ1v) is 9.52. The second-order valence-electron chi connectivity index (χ2n) is 6.45. The van der Waals surface area contributed by atoms with Crippen molar-refractivity contribution in [2.45, 2.75) is 19.8 Å². The van der Waals surface area contributed by atoms with E-state index >= 15 is 0 Å². The number of benzene rings is 2. The second kappa shape index (κ2) is 8.24. The van der Waals surface area contributed by atoms with Crippen molar-refractivity contribution in [3.8, 4) is 5.75 Å². The maximum atomic E-state index is 12.0. The summed E-state index contributed by atoms with van der Waals surface area (Å²) in [5, 5.41) is 32.8. The van der Waals surface area contributed by atoms with Gasteiger partial charge in [0, 0.05) is 29.1 Å². The molecule has 1 N–H and O–H groups in total. The van der Waals surface area contributed by atoms with Crippen LogP contribution in [0.25, 0.3) is 0 Å². The number of rotatable bonds is 6. The Morgan fingerprint density at radius 2 is 1.93 bits per heavy atom. The van der Waals surface area contributed by atoms with Gasteiger partial charge >= 0.3 is 5.97 Å². The van der Waals surface area contributed by atoms with Gasteiger partial charge in [-0.2, -0.15) is 0 Å². The maximum absolute atomic E-state index is 12.0. The van der Waals surface area contributed by atoms with Gasteiger partial charge in [0.05, 0.1) is 10.5 Å². The first-order valence-electron chi connectivity index (χ1n) is 8.70. The van der Waals surface area contributed by atoms with E-state index in [1.165, 1.54) is 17.6 Å². The fourth-order valence-corrected chi connectivity index (χ4v) is 4.27. The number of nitro benzene ring substituents is 1. The smallest absolute Gasteiger partial charge is 0.339 e. The summed E-state index contributed by atoms with van der Waals surface area (Å²) in [7, 11) is 0. The average Bonchev–Trinajstić information content (AvgIpc) is 3.03. The summed E-state index contributed by atoms with van der Waals surface area (Å²) in [5.74, 6) is -1.57. The number of thiophene rings is 1. The van der Waals surface area contributed by atoms with Crippen LogP contribution in [0.5, 0.6) is 5.75 Å². The van der Waals surface area contributed by atoms with Gasteiger partial charge < -0.3 is 10.2 Å². The van der Waals surface area contributed by atoms with Gasteiger partial charge in [-0.05, 0) is 23.6 Å². The number of carboxylic acid groups (broad SMARTS) is 1. The van der Waals surface area contributed by atoms with Crippen molar-refractivity contribution in [1.82, 2.24) is 0 Å². The molecule has 8 heteroatoms. The molecule has 7 nitrogen and oxygen atoms in total. The molecule has 1 heterocycles. The van der Waals surface area contributed by atoms with Crippen LogP contribution >= 0.6 is 11.3 Å². The first kappa shape index (κ1) is 20.2. The lowest BCUT2D eigenvalue weighted by atomic mass is 9.96. The molecule has 0 aliphatic heterocycles. The van der Waals surface area contributed by atoms with Crippen LogP contribution in [0.3, 0.4) is 0 Å². The molecule has 0 saturated carbocycles. The Bertz CT molecular complexity index is 1110. The summed E-state index contributed by atoms with van der Waals surface area (Å²) in [4.78, 5) is 27.2. The molecule has 1 aromatic heterocycles. The monoisotopic (exact) mass is 409 g/mol. The molecule has 1 atom stereocenters. The van der Waals surface area contributed by atoms with Gasteiger partial charge in [-0.3, -0.25) is 10.1 Å². The fraction of sp³-hybridized carbons (Fsp3) is 0.143. The molecule has 0 radical (unpaired) electrons. The zero-order valence-corrected chi connectivity index (χ0v) is 16.5. The highest BCUT2D eigenvalue weighted by Crippen LogP contribution is 2.41. The van der Waals surface area contributed by atoms with E-state index in [4.69, 9.17) is 0 Å². The van der Waals surface area contributed by atoms with Crippen molar-refractivity contribution in [2.24, 2.45) is 4.99 Å².